The van der Waals surface area contributed by atoms with Crippen molar-refractivity contribution in [2.45, 2.75) is 13.5 Å². The van der Waals surface area contributed by atoms with Crippen molar-refractivity contribution in [3.8, 4) is 0 Å². The molecular weight excluding hydrogens is 294 g/mol. The number of fused-ring (bicyclic) bond motifs is 1. The van der Waals surface area contributed by atoms with Crippen LogP contribution in [-0.2, 0) is 6.54 Å². The van der Waals surface area contributed by atoms with Gasteiger partial charge >= 0.3 is 0 Å². The Morgan fingerprint density at radius 2 is 2.11 bits per heavy atom. The van der Waals surface area contributed by atoms with E-state index in [1.54, 1.807) is 0 Å². The van der Waals surface area contributed by atoms with E-state index >= 15 is 0 Å². The Morgan fingerprint density at radius 1 is 1.44 bits per heavy atom. The van der Waals surface area contributed by atoms with Gasteiger partial charge < -0.3 is 14.8 Å². The first-order chi connectivity index (χ1) is 8.69. The second-order valence-corrected chi connectivity index (χ2v) is 6.13. The molecule has 98 valence electrons. The third-order valence-electron chi connectivity index (χ3n) is 4.10. The van der Waals surface area contributed by atoms with Crippen molar-refractivity contribution in [1.82, 2.24) is 14.8 Å². The second kappa shape index (κ2) is 4.70. The molecular formula is C13H18BrN3O. The van der Waals surface area contributed by atoms with Gasteiger partial charge in [0.15, 0.2) is 0 Å². The van der Waals surface area contributed by atoms with Crippen molar-refractivity contribution in [2.75, 3.05) is 26.2 Å². The zero-order valence-corrected chi connectivity index (χ0v) is 12.1. The van der Waals surface area contributed by atoms with Crippen molar-refractivity contribution in [1.29, 1.82) is 0 Å². The van der Waals surface area contributed by atoms with E-state index in [-0.39, 0.29) is 5.91 Å². The maximum Gasteiger partial charge on any atom is 0.270 e. The Hall–Kier alpha value is -0.810. The fraction of sp³-hybridized carbons (Fsp3) is 0.615. The number of amides is 1. The van der Waals surface area contributed by atoms with Crippen molar-refractivity contribution >= 4 is 21.8 Å². The molecule has 3 rings (SSSR count). The van der Waals surface area contributed by atoms with Crippen LogP contribution in [0, 0.1) is 11.8 Å². The Balaban J connectivity index is 1.78. The minimum absolute atomic E-state index is 0.178. The first-order valence-corrected chi connectivity index (χ1v) is 7.34. The lowest BCUT2D eigenvalue weighted by Crippen LogP contribution is -2.33. The third kappa shape index (κ3) is 1.99. The van der Waals surface area contributed by atoms with Gasteiger partial charge in [0.2, 0.25) is 0 Å². The van der Waals surface area contributed by atoms with Gasteiger partial charge in [-0.05, 0) is 40.8 Å². The van der Waals surface area contributed by atoms with Gasteiger partial charge in [0, 0.05) is 43.4 Å². The molecule has 1 aromatic heterocycles. The number of hydrogen-bond acceptors (Lipinski definition) is 2. The molecule has 1 amide bonds. The summed E-state index contributed by atoms with van der Waals surface area (Å²) in [5, 5.41) is 3.40. The van der Waals surface area contributed by atoms with Crippen LogP contribution in [-0.4, -0.2) is 41.6 Å². The van der Waals surface area contributed by atoms with Gasteiger partial charge in [-0.25, -0.2) is 0 Å². The van der Waals surface area contributed by atoms with Gasteiger partial charge in [-0.3, -0.25) is 4.79 Å². The Bertz CT molecular complexity index is 459. The Kier molecular flexibility index (Phi) is 3.20. The Morgan fingerprint density at radius 3 is 2.72 bits per heavy atom. The molecule has 18 heavy (non-hydrogen) atoms. The summed E-state index contributed by atoms with van der Waals surface area (Å²) < 4.78 is 2.99. The molecule has 2 aliphatic heterocycles. The molecule has 2 fully saturated rings. The molecule has 0 aliphatic carbocycles. The third-order valence-corrected chi connectivity index (χ3v) is 4.53. The van der Waals surface area contributed by atoms with Crippen molar-refractivity contribution in [3.63, 3.8) is 0 Å². The highest BCUT2D eigenvalue weighted by molar-refractivity contribution is 9.10. The minimum Gasteiger partial charge on any atom is -0.343 e. The van der Waals surface area contributed by atoms with Crippen LogP contribution in [0.1, 0.15) is 17.4 Å². The van der Waals surface area contributed by atoms with Gasteiger partial charge in [0.05, 0.1) is 0 Å². The highest BCUT2D eigenvalue weighted by Crippen LogP contribution is 2.28. The summed E-state index contributed by atoms with van der Waals surface area (Å²) >= 11 is 3.45. The predicted molar refractivity (Wildman–Crippen MR) is 73.6 cm³/mol. The molecule has 0 radical (unpaired) electrons. The summed E-state index contributed by atoms with van der Waals surface area (Å²) in [5.74, 6) is 1.49. The topological polar surface area (TPSA) is 37.3 Å². The molecule has 1 N–H and O–H groups in total. The predicted octanol–water partition coefficient (Wildman–Crippen LogP) is 1.56. The normalized spacial score (nSPS) is 26.7. The summed E-state index contributed by atoms with van der Waals surface area (Å²) in [6.45, 7) is 6.83. The number of hydrogen-bond donors (Lipinski definition) is 1. The second-order valence-electron chi connectivity index (χ2n) is 5.22. The van der Waals surface area contributed by atoms with Crippen molar-refractivity contribution in [3.05, 3.63) is 22.4 Å². The van der Waals surface area contributed by atoms with E-state index in [4.69, 9.17) is 0 Å². The summed E-state index contributed by atoms with van der Waals surface area (Å²) in [6.07, 6.45) is 1.98. The van der Waals surface area contributed by atoms with Crippen LogP contribution in [0.25, 0.3) is 0 Å². The molecule has 0 bridgehead atoms. The SMILES string of the molecule is CCn1cc(Br)cc1C(=O)N1CC2CNCC2C1. The van der Waals surface area contributed by atoms with Crippen molar-refractivity contribution in [2.24, 2.45) is 11.8 Å². The number of likely N-dealkylation sites (tertiary alicyclic amines) is 1. The zero-order valence-electron chi connectivity index (χ0n) is 10.5. The van der Waals surface area contributed by atoms with Gasteiger partial charge in [0.25, 0.3) is 5.91 Å². The van der Waals surface area contributed by atoms with Crippen LogP contribution in [0.2, 0.25) is 0 Å². The van der Waals surface area contributed by atoms with E-state index in [0.717, 1.165) is 42.9 Å². The van der Waals surface area contributed by atoms with Gasteiger partial charge in [-0.1, -0.05) is 0 Å². The fourth-order valence-corrected chi connectivity index (χ4v) is 3.56. The lowest BCUT2D eigenvalue weighted by Gasteiger charge is -2.18. The lowest BCUT2D eigenvalue weighted by atomic mass is 10.0. The van der Waals surface area contributed by atoms with E-state index in [9.17, 15) is 4.79 Å². The molecule has 2 atom stereocenters. The van der Waals surface area contributed by atoms with E-state index in [1.165, 1.54) is 0 Å². The fourth-order valence-electron chi connectivity index (χ4n) is 3.10. The van der Waals surface area contributed by atoms with Gasteiger partial charge in [-0.15, -0.1) is 0 Å². The lowest BCUT2D eigenvalue weighted by molar-refractivity contribution is 0.0771. The average Bonchev–Trinajstić information content (AvgIpc) is 3.00. The summed E-state index contributed by atoms with van der Waals surface area (Å²) in [6, 6.07) is 1.93. The molecule has 2 aliphatic rings. The van der Waals surface area contributed by atoms with Crippen LogP contribution in [0.3, 0.4) is 0 Å². The monoisotopic (exact) mass is 311 g/mol. The average molecular weight is 312 g/mol. The summed E-state index contributed by atoms with van der Waals surface area (Å²) in [4.78, 5) is 14.6. The smallest absolute Gasteiger partial charge is 0.270 e. The quantitative estimate of drug-likeness (QED) is 0.900. The maximum atomic E-state index is 12.5. The molecule has 0 spiro atoms. The van der Waals surface area contributed by atoms with E-state index in [1.807, 2.05) is 21.7 Å². The van der Waals surface area contributed by atoms with Crippen LogP contribution >= 0.6 is 15.9 Å². The first kappa shape index (κ1) is 12.2. The largest absolute Gasteiger partial charge is 0.343 e. The highest BCUT2D eigenvalue weighted by atomic mass is 79.9. The molecule has 0 aromatic carbocycles. The Labute approximate surface area is 115 Å². The molecule has 0 saturated carbocycles. The molecule has 1 aromatic rings. The first-order valence-electron chi connectivity index (χ1n) is 6.54. The van der Waals surface area contributed by atoms with Gasteiger partial charge in [-0.2, -0.15) is 0 Å². The highest BCUT2D eigenvalue weighted by Gasteiger charge is 2.38. The van der Waals surface area contributed by atoms with Crippen LogP contribution < -0.4 is 5.32 Å². The van der Waals surface area contributed by atoms with E-state index in [2.05, 4.69) is 28.2 Å². The number of nitrogens with one attached hydrogen (secondary N) is 1. The number of carbonyl (C=O) groups excluding carboxylic acids is 1. The van der Waals surface area contributed by atoms with E-state index < -0.39 is 0 Å². The molecule has 2 saturated heterocycles. The van der Waals surface area contributed by atoms with Crippen LogP contribution in [0.4, 0.5) is 0 Å². The summed E-state index contributed by atoms with van der Waals surface area (Å²) in [5.41, 5.74) is 0.803. The number of halogens is 1. The number of aryl methyl sites for hydroxylation is 1. The van der Waals surface area contributed by atoms with Crippen LogP contribution in [0.15, 0.2) is 16.7 Å². The van der Waals surface area contributed by atoms with Crippen LogP contribution in [0.5, 0.6) is 0 Å². The molecule has 3 heterocycles. The number of rotatable bonds is 2. The standard InChI is InChI=1S/C13H18BrN3O/c1-2-16-8-11(14)3-12(16)13(18)17-6-9-4-15-5-10(9)7-17/h3,8-10,15H,2,4-7H2,1H3. The van der Waals surface area contributed by atoms with Crippen molar-refractivity contribution < 1.29 is 4.79 Å². The maximum absolute atomic E-state index is 12.5. The number of aromatic nitrogens is 1. The summed E-state index contributed by atoms with van der Waals surface area (Å²) in [7, 11) is 0. The number of carbonyl (C=O) groups is 1. The zero-order chi connectivity index (χ0) is 12.7. The van der Waals surface area contributed by atoms with E-state index in [0.29, 0.717) is 11.8 Å². The minimum atomic E-state index is 0.178. The van der Waals surface area contributed by atoms with Gasteiger partial charge in [0.1, 0.15) is 5.69 Å². The molecule has 4 nitrogen and oxygen atoms in total. The number of nitrogens with zero attached hydrogens (tertiary/aromatic N) is 2. The molecule has 5 heteroatoms. The molecule has 2 unspecified atom stereocenters.